The summed E-state index contributed by atoms with van der Waals surface area (Å²) in [6, 6.07) is 8.30. The highest BCUT2D eigenvalue weighted by atomic mass is 16.2. The minimum Gasteiger partial charge on any atom is -0.341 e. The van der Waals surface area contributed by atoms with Crippen LogP contribution in [0, 0.1) is 12.3 Å². The summed E-state index contributed by atoms with van der Waals surface area (Å²) in [6.07, 6.45) is 7.35. The fraction of sp³-hybridized carbons (Fsp3) is 0.591. The Hall–Kier alpha value is -2.17. The molecular formula is C22H30N4O. The van der Waals surface area contributed by atoms with E-state index < -0.39 is 0 Å². The predicted octanol–water partition coefficient (Wildman–Crippen LogP) is 3.79. The maximum atomic E-state index is 13.0. The largest absolute Gasteiger partial charge is 0.341 e. The van der Waals surface area contributed by atoms with Crippen molar-refractivity contribution in [1.82, 2.24) is 20.1 Å². The minimum absolute atomic E-state index is 0.175. The highest BCUT2D eigenvalue weighted by Crippen LogP contribution is 2.52. The Balaban J connectivity index is 1.52. The van der Waals surface area contributed by atoms with Crippen molar-refractivity contribution < 1.29 is 4.79 Å². The van der Waals surface area contributed by atoms with E-state index in [1.807, 2.05) is 0 Å². The normalized spacial score (nSPS) is 21.3. The molecule has 1 unspecified atom stereocenters. The summed E-state index contributed by atoms with van der Waals surface area (Å²) in [4.78, 5) is 19.9. The number of amides is 1. The lowest BCUT2D eigenvalue weighted by Gasteiger charge is -2.27. The van der Waals surface area contributed by atoms with Crippen LogP contribution in [0.4, 0.5) is 0 Å². The van der Waals surface area contributed by atoms with E-state index in [9.17, 15) is 4.79 Å². The fourth-order valence-corrected chi connectivity index (χ4v) is 4.91. The number of carbonyl (C=O) groups excluding carboxylic acids is 1. The van der Waals surface area contributed by atoms with Gasteiger partial charge in [-0.05, 0) is 37.2 Å². The third-order valence-corrected chi connectivity index (χ3v) is 6.42. The Morgan fingerprint density at radius 1 is 1.26 bits per heavy atom. The zero-order valence-electron chi connectivity index (χ0n) is 16.5. The lowest BCUT2D eigenvalue weighted by Crippen LogP contribution is -2.32. The van der Waals surface area contributed by atoms with Crippen molar-refractivity contribution in [3.05, 3.63) is 47.0 Å². The summed E-state index contributed by atoms with van der Waals surface area (Å²) in [7, 11) is 0. The van der Waals surface area contributed by atoms with Gasteiger partial charge in [-0.2, -0.15) is 5.10 Å². The smallest absolute Gasteiger partial charge is 0.227 e. The second kappa shape index (κ2) is 7.45. The van der Waals surface area contributed by atoms with Crippen LogP contribution in [0.1, 0.15) is 67.7 Å². The number of aryl methyl sites for hydroxylation is 2. The number of aromatic nitrogens is 3. The molecule has 4 rings (SSSR count). The molecule has 0 radical (unpaired) electrons. The highest BCUT2D eigenvalue weighted by Gasteiger charge is 2.51. The Morgan fingerprint density at radius 2 is 2.00 bits per heavy atom. The number of likely N-dealkylation sites (tertiary alicyclic amines) is 1. The average molecular weight is 367 g/mol. The van der Waals surface area contributed by atoms with Crippen molar-refractivity contribution in [3.63, 3.8) is 0 Å². The van der Waals surface area contributed by atoms with Crippen LogP contribution in [0.5, 0.6) is 0 Å². The van der Waals surface area contributed by atoms with Crippen LogP contribution in [0.3, 0.4) is 0 Å². The Kier molecular flexibility index (Phi) is 5.02. The number of carbonyl (C=O) groups is 1. The monoisotopic (exact) mass is 366 g/mol. The van der Waals surface area contributed by atoms with Gasteiger partial charge in [0.2, 0.25) is 5.91 Å². The number of rotatable bonds is 5. The van der Waals surface area contributed by atoms with E-state index in [1.165, 1.54) is 31.2 Å². The minimum atomic E-state index is 0.175. The Bertz CT molecular complexity index is 789. The lowest BCUT2D eigenvalue weighted by molar-refractivity contribution is -0.129. The predicted molar refractivity (Wildman–Crippen MR) is 105 cm³/mol. The molecule has 2 aromatic rings. The second-order valence-corrected chi connectivity index (χ2v) is 8.45. The molecule has 5 heteroatoms. The third kappa shape index (κ3) is 3.64. The van der Waals surface area contributed by atoms with E-state index in [1.54, 1.807) is 0 Å². The van der Waals surface area contributed by atoms with E-state index in [-0.39, 0.29) is 17.2 Å². The van der Waals surface area contributed by atoms with Gasteiger partial charge in [0.05, 0.1) is 6.42 Å². The molecule has 1 N–H and O–H groups in total. The quantitative estimate of drug-likeness (QED) is 0.876. The maximum absolute atomic E-state index is 13.0. The van der Waals surface area contributed by atoms with Crippen molar-refractivity contribution in [2.24, 2.45) is 5.41 Å². The lowest BCUT2D eigenvalue weighted by atomic mass is 9.76. The highest BCUT2D eigenvalue weighted by molar-refractivity contribution is 5.79. The molecule has 2 aliphatic rings. The molecule has 27 heavy (non-hydrogen) atoms. The second-order valence-electron chi connectivity index (χ2n) is 8.45. The van der Waals surface area contributed by atoms with Crippen LogP contribution < -0.4 is 0 Å². The Morgan fingerprint density at radius 3 is 2.70 bits per heavy atom. The number of hydrogen-bond donors (Lipinski definition) is 1. The molecule has 144 valence electrons. The first kappa shape index (κ1) is 18.2. The van der Waals surface area contributed by atoms with Crippen LogP contribution in [0.15, 0.2) is 24.3 Å². The molecule has 1 atom stereocenters. The van der Waals surface area contributed by atoms with Gasteiger partial charge in [-0.3, -0.25) is 9.89 Å². The van der Waals surface area contributed by atoms with Gasteiger partial charge in [-0.15, -0.1) is 0 Å². The number of hydrogen-bond acceptors (Lipinski definition) is 3. The number of nitrogens with zero attached hydrogens (tertiary/aromatic N) is 3. The SMILES string of the molecule is CCCc1nc(C2CN(C(=O)Cc3ccc(C)cc3)CC23CCCC3)n[nH]1. The number of aromatic amines is 1. The van der Waals surface area contributed by atoms with Crippen molar-refractivity contribution in [2.75, 3.05) is 13.1 Å². The molecule has 1 amide bonds. The molecule has 1 spiro atoms. The molecule has 5 nitrogen and oxygen atoms in total. The zero-order valence-corrected chi connectivity index (χ0v) is 16.5. The molecule has 1 aromatic heterocycles. The maximum Gasteiger partial charge on any atom is 0.227 e. The summed E-state index contributed by atoms with van der Waals surface area (Å²) in [6.45, 7) is 5.85. The summed E-state index contributed by atoms with van der Waals surface area (Å²) in [5.41, 5.74) is 2.50. The topological polar surface area (TPSA) is 61.9 Å². The van der Waals surface area contributed by atoms with Gasteiger partial charge in [-0.25, -0.2) is 4.98 Å². The molecule has 0 bridgehead atoms. The molecule has 1 aromatic carbocycles. The van der Waals surface area contributed by atoms with Crippen LogP contribution in [0.25, 0.3) is 0 Å². The van der Waals surface area contributed by atoms with Crippen molar-refractivity contribution in [2.45, 2.75) is 64.7 Å². The van der Waals surface area contributed by atoms with Crippen molar-refractivity contribution in [1.29, 1.82) is 0 Å². The molecule has 1 saturated heterocycles. The van der Waals surface area contributed by atoms with Gasteiger partial charge < -0.3 is 4.90 Å². The standard InChI is InChI=1S/C22H30N4O/c1-3-6-19-23-21(25-24-19)18-14-26(15-22(18)11-4-5-12-22)20(27)13-17-9-7-16(2)8-10-17/h7-10,18H,3-6,11-15H2,1-2H3,(H,23,24,25). The molecular weight excluding hydrogens is 336 g/mol. The third-order valence-electron chi connectivity index (χ3n) is 6.42. The van der Waals surface area contributed by atoms with Crippen LogP contribution in [0.2, 0.25) is 0 Å². The number of nitrogens with one attached hydrogen (secondary N) is 1. The summed E-state index contributed by atoms with van der Waals surface area (Å²) < 4.78 is 0. The molecule has 1 saturated carbocycles. The summed E-state index contributed by atoms with van der Waals surface area (Å²) in [5.74, 6) is 2.40. The van der Waals surface area contributed by atoms with E-state index >= 15 is 0 Å². The van der Waals surface area contributed by atoms with Crippen molar-refractivity contribution in [3.8, 4) is 0 Å². The van der Waals surface area contributed by atoms with Gasteiger partial charge in [0.25, 0.3) is 0 Å². The van der Waals surface area contributed by atoms with Gasteiger partial charge in [0, 0.05) is 25.4 Å². The number of H-pyrrole nitrogens is 1. The first-order chi connectivity index (χ1) is 13.1. The molecule has 2 heterocycles. The first-order valence-corrected chi connectivity index (χ1v) is 10.3. The summed E-state index contributed by atoms with van der Waals surface area (Å²) in [5, 5.41) is 7.66. The van der Waals surface area contributed by atoms with E-state index in [2.05, 4.69) is 53.2 Å². The van der Waals surface area contributed by atoms with Gasteiger partial charge >= 0.3 is 0 Å². The van der Waals surface area contributed by atoms with Crippen LogP contribution in [-0.2, 0) is 17.6 Å². The molecule has 2 fully saturated rings. The summed E-state index contributed by atoms with van der Waals surface area (Å²) >= 11 is 0. The zero-order chi connectivity index (χ0) is 18.9. The average Bonchev–Trinajstić information content (AvgIpc) is 3.39. The van der Waals surface area contributed by atoms with Gasteiger partial charge in [0.15, 0.2) is 5.82 Å². The van der Waals surface area contributed by atoms with E-state index in [0.29, 0.717) is 6.42 Å². The van der Waals surface area contributed by atoms with Crippen LogP contribution >= 0.6 is 0 Å². The number of benzene rings is 1. The Labute approximate surface area is 161 Å². The molecule has 1 aliphatic carbocycles. The van der Waals surface area contributed by atoms with Gasteiger partial charge in [-0.1, -0.05) is 49.6 Å². The van der Waals surface area contributed by atoms with Gasteiger partial charge in [0.1, 0.15) is 5.82 Å². The van der Waals surface area contributed by atoms with Crippen LogP contribution in [-0.4, -0.2) is 39.1 Å². The fourth-order valence-electron chi connectivity index (χ4n) is 4.91. The van der Waals surface area contributed by atoms with E-state index in [4.69, 9.17) is 4.98 Å². The first-order valence-electron chi connectivity index (χ1n) is 10.3. The molecule has 1 aliphatic heterocycles. The van der Waals surface area contributed by atoms with E-state index in [0.717, 1.165) is 43.1 Å². The van der Waals surface area contributed by atoms with Crippen molar-refractivity contribution >= 4 is 5.91 Å².